The van der Waals surface area contributed by atoms with Crippen LogP contribution in [-0.4, -0.2) is 59.7 Å². The fourth-order valence-electron chi connectivity index (χ4n) is 0.879. The van der Waals surface area contributed by atoms with E-state index in [1.165, 1.54) is 0 Å². The second-order valence-corrected chi connectivity index (χ2v) is 3.83. The molecule has 0 saturated heterocycles. The van der Waals surface area contributed by atoms with Crippen molar-refractivity contribution >= 4 is 17.9 Å². The minimum Gasteiger partial charge on any atom is -0.478 e. The molecule has 0 heterocycles. The minimum absolute atomic E-state index is 0.0111. The Hall–Kier alpha value is -2.19. The number of hydrogen-bond donors (Lipinski definition) is 3. The molecule has 0 aromatic carbocycles. The first kappa shape index (κ1) is 22.1. The highest BCUT2D eigenvalue weighted by Gasteiger charge is 2.13. The van der Waals surface area contributed by atoms with E-state index in [4.69, 9.17) is 24.8 Å². The molecule has 0 radical (unpaired) electrons. The number of ether oxygens (including phenoxy) is 2. The number of esters is 2. The molecule has 0 fully saturated rings. The lowest BCUT2D eigenvalue weighted by Crippen LogP contribution is -2.14. The summed E-state index contributed by atoms with van der Waals surface area (Å²) in [6.45, 7) is 6.45. The van der Waals surface area contributed by atoms with E-state index in [1.54, 1.807) is 0 Å². The Bertz CT molecular complexity index is 375. The highest BCUT2D eigenvalue weighted by Crippen LogP contribution is 2.03. The summed E-state index contributed by atoms with van der Waals surface area (Å²) in [5, 5.41) is 24.5. The lowest BCUT2D eigenvalue weighted by molar-refractivity contribution is -0.146. The van der Waals surface area contributed by atoms with E-state index in [2.05, 4.69) is 13.2 Å². The van der Waals surface area contributed by atoms with Crippen molar-refractivity contribution in [1.82, 2.24) is 0 Å². The topological polar surface area (TPSA) is 130 Å². The van der Waals surface area contributed by atoms with Crippen LogP contribution in [-0.2, 0) is 23.9 Å². The molecule has 0 atom stereocenters. The Labute approximate surface area is 128 Å². The van der Waals surface area contributed by atoms with Crippen molar-refractivity contribution in [2.75, 3.05) is 26.4 Å². The molecule has 0 bridgehead atoms. The number of carboxylic acid groups (broad SMARTS) is 1. The van der Waals surface area contributed by atoms with Gasteiger partial charge in [-0.05, 0) is 0 Å². The number of aliphatic hydroxyl groups excluding tert-OH is 2. The minimum atomic E-state index is -0.981. The monoisotopic (exact) mass is 318 g/mol. The molecule has 0 amide bonds. The average molecular weight is 318 g/mol. The molecule has 0 aromatic heterocycles. The number of rotatable bonds is 10. The van der Waals surface area contributed by atoms with Gasteiger partial charge in [-0.3, -0.25) is 4.79 Å². The molecule has 0 aromatic rings. The molecule has 0 aliphatic heterocycles. The van der Waals surface area contributed by atoms with Crippen molar-refractivity contribution < 1.29 is 39.2 Å². The summed E-state index contributed by atoms with van der Waals surface area (Å²) in [7, 11) is 0. The van der Waals surface area contributed by atoms with Crippen LogP contribution in [0.5, 0.6) is 0 Å². The first-order valence-corrected chi connectivity index (χ1v) is 6.46. The van der Waals surface area contributed by atoms with Crippen LogP contribution in [0.3, 0.4) is 0 Å². The fraction of sp³-hybridized carbons (Fsp3) is 0.500. The molecule has 0 aliphatic carbocycles. The summed E-state index contributed by atoms with van der Waals surface area (Å²) < 4.78 is 9.45. The van der Waals surface area contributed by atoms with Crippen LogP contribution in [0.2, 0.25) is 0 Å². The average Bonchev–Trinajstić information content (AvgIpc) is 2.48. The number of carbonyl (C=O) groups is 3. The molecule has 0 saturated carbocycles. The van der Waals surface area contributed by atoms with Crippen molar-refractivity contribution in [3.63, 3.8) is 0 Å². The van der Waals surface area contributed by atoms with E-state index >= 15 is 0 Å². The molecule has 0 rings (SSSR count). The van der Waals surface area contributed by atoms with Crippen LogP contribution in [0.1, 0.15) is 19.3 Å². The fourth-order valence-corrected chi connectivity index (χ4v) is 0.879. The van der Waals surface area contributed by atoms with Gasteiger partial charge >= 0.3 is 17.9 Å². The Morgan fingerprint density at radius 2 is 1.45 bits per heavy atom. The van der Waals surface area contributed by atoms with Gasteiger partial charge in [0.15, 0.2) is 0 Å². The first-order chi connectivity index (χ1) is 10.4. The van der Waals surface area contributed by atoms with Gasteiger partial charge in [0.05, 0.1) is 19.6 Å². The van der Waals surface area contributed by atoms with E-state index in [9.17, 15) is 14.4 Å². The Kier molecular flexibility index (Phi) is 15.3. The third kappa shape index (κ3) is 15.9. The maximum atomic E-state index is 11.2. The quantitative estimate of drug-likeness (QED) is 0.292. The molecule has 8 heteroatoms. The predicted molar refractivity (Wildman–Crippen MR) is 76.9 cm³/mol. The maximum Gasteiger partial charge on any atom is 0.333 e. The number of hydrogen-bond acceptors (Lipinski definition) is 7. The number of carbonyl (C=O) groups excluding carboxylic acids is 2. The van der Waals surface area contributed by atoms with Crippen molar-refractivity contribution in [2.45, 2.75) is 19.3 Å². The van der Waals surface area contributed by atoms with Crippen LogP contribution in [0.15, 0.2) is 24.8 Å². The highest BCUT2D eigenvalue weighted by molar-refractivity contribution is 5.93. The van der Waals surface area contributed by atoms with Crippen molar-refractivity contribution in [1.29, 1.82) is 0 Å². The zero-order chi connectivity index (χ0) is 17.4. The molecule has 3 N–H and O–H groups in total. The maximum absolute atomic E-state index is 11.2. The number of aliphatic hydroxyl groups is 2. The van der Waals surface area contributed by atoms with Crippen LogP contribution < -0.4 is 0 Å². The zero-order valence-corrected chi connectivity index (χ0v) is 12.3. The van der Waals surface area contributed by atoms with Crippen LogP contribution >= 0.6 is 0 Å². The van der Waals surface area contributed by atoms with Gasteiger partial charge < -0.3 is 24.8 Å². The van der Waals surface area contributed by atoms with Crippen molar-refractivity contribution in [3.05, 3.63) is 24.8 Å². The van der Waals surface area contributed by atoms with Gasteiger partial charge in [-0.2, -0.15) is 0 Å². The van der Waals surface area contributed by atoms with Gasteiger partial charge in [-0.15, -0.1) is 0 Å². The van der Waals surface area contributed by atoms with E-state index in [0.29, 0.717) is 12.8 Å². The Morgan fingerprint density at radius 3 is 1.86 bits per heavy atom. The lowest BCUT2D eigenvalue weighted by Gasteiger charge is -2.06. The number of aliphatic carboxylic acids is 1. The normalized spacial score (nSPS) is 9.00. The molecule has 8 nitrogen and oxygen atoms in total. The van der Waals surface area contributed by atoms with Gasteiger partial charge in [0.1, 0.15) is 0 Å². The molecule has 0 spiro atoms. The second kappa shape index (κ2) is 15.2. The largest absolute Gasteiger partial charge is 0.478 e. The SMILES string of the molecule is C=C(CC(=O)OCCCO)C(=O)OCCCO.C=CC(=O)O. The van der Waals surface area contributed by atoms with Gasteiger partial charge in [0.25, 0.3) is 0 Å². The second-order valence-electron chi connectivity index (χ2n) is 3.83. The highest BCUT2D eigenvalue weighted by atomic mass is 16.5. The van der Waals surface area contributed by atoms with E-state index in [-0.39, 0.29) is 38.4 Å². The van der Waals surface area contributed by atoms with Gasteiger partial charge in [0, 0.05) is 37.7 Å². The summed E-state index contributed by atoms with van der Waals surface area (Å²) in [5.74, 6) is -2.23. The van der Waals surface area contributed by atoms with Gasteiger partial charge in [-0.25, -0.2) is 9.59 Å². The van der Waals surface area contributed by atoms with Crippen LogP contribution in [0.4, 0.5) is 0 Å². The summed E-state index contributed by atoms with van der Waals surface area (Å²) in [4.78, 5) is 31.6. The lowest BCUT2D eigenvalue weighted by atomic mass is 10.2. The van der Waals surface area contributed by atoms with E-state index in [1.807, 2.05) is 0 Å². The van der Waals surface area contributed by atoms with E-state index < -0.39 is 17.9 Å². The number of carboxylic acids is 1. The molecule has 126 valence electrons. The van der Waals surface area contributed by atoms with Gasteiger partial charge in [-0.1, -0.05) is 13.2 Å². The smallest absolute Gasteiger partial charge is 0.333 e. The first-order valence-electron chi connectivity index (χ1n) is 6.46. The molecule has 22 heavy (non-hydrogen) atoms. The summed E-state index contributed by atoms with van der Waals surface area (Å²) in [5.41, 5.74) is 0.0111. The zero-order valence-electron chi connectivity index (χ0n) is 12.3. The molecular formula is C14H22O8. The summed E-state index contributed by atoms with van der Waals surface area (Å²) >= 11 is 0. The van der Waals surface area contributed by atoms with Gasteiger partial charge in [0.2, 0.25) is 0 Å². The van der Waals surface area contributed by atoms with Crippen molar-refractivity contribution in [2.24, 2.45) is 0 Å². The molecular weight excluding hydrogens is 296 g/mol. The Balaban J connectivity index is 0. The molecule has 0 aliphatic rings. The Morgan fingerprint density at radius 1 is 1.00 bits per heavy atom. The van der Waals surface area contributed by atoms with Crippen LogP contribution in [0, 0.1) is 0 Å². The predicted octanol–water partition coefficient (Wildman–Crippen LogP) is 0.0409. The summed E-state index contributed by atoms with van der Waals surface area (Å²) in [6.07, 6.45) is 1.31. The summed E-state index contributed by atoms with van der Waals surface area (Å²) in [6, 6.07) is 0. The molecule has 0 unspecified atom stereocenters. The van der Waals surface area contributed by atoms with Crippen LogP contribution in [0.25, 0.3) is 0 Å². The van der Waals surface area contributed by atoms with Crippen molar-refractivity contribution in [3.8, 4) is 0 Å². The third-order valence-electron chi connectivity index (χ3n) is 1.92. The van der Waals surface area contributed by atoms with E-state index in [0.717, 1.165) is 6.08 Å². The third-order valence-corrected chi connectivity index (χ3v) is 1.92. The standard InChI is InChI=1S/C11H18O6.C3H4O2/c1-9(11(15)17-7-3-5-13)8-10(14)16-6-2-4-12;1-2-3(4)5/h12-13H,1-8H2;2H,1H2,(H,4,5).